The molecule has 172 valence electrons. The van der Waals surface area contributed by atoms with Crippen LogP contribution < -0.4 is 40.5 Å². The van der Waals surface area contributed by atoms with Crippen LogP contribution in [0.2, 0.25) is 0 Å². The Hall–Kier alpha value is -2.28. The van der Waals surface area contributed by atoms with Crippen LogP contribution in [0.3, 0.4) is 0 Å². The van der Waals surface area contributed by atoms with Gasteiger partial charge in [-0.25, -0.2) is 18.2 Å². The molecule has 0 saturated heterocycles. The van der Waals surface area contributed by atoms with E-state index in [1.54, 1.807) is 0 Å². The fourth-order valence-corrected chi connectivity index (χ4v) is 5.07. The third-order valence-corrected chi connectivity index (χ3v) is 6.96. The number of aliphatic carboxylic acids is 1. The predicted molar refractivity (Wildman–Crippen MR) is 124 cm³/mol. The topological polar surface area (TPSA) is 150 Å². The SMILES string of the molecule is O=C(O)CCCCCNc1cc2oc(=O)c(-c3nc4ccccc4s3)cc2cc1S(=O)(=O)[O-].[Na+]. The van der Waals surface area contributed by atoms with Crippen LogP contribution in [0.4, 0.5) is 5.69 Å². The molecule has 0 aliphatic heterocycles. The van der Waals surface area contributed by atoms with Gasteiger partial charge in [-0.1, -0.05) is 18.6 Å². The van der Waals surface area contributed by atoms with Crippen LogP contribution in [0.5, 0.6) is 0 Å². The van der Waals surface area contributed by atoms with Gasteiger partial charge in [0.05, 0.1) is 26.4 Å². The molecule has 34 heavy (non-hydrogen) atoms. The molecule has 0 atom stereocenters. The first-order valence-electron chi connectivity index (χ1n) is 10.1. The quantitative estimate of drug-likeness (QED) is 0.146. The number of para-hydroxylation sites is 1. The summed E-state index contributed by atoms with van der Waals surface area (Å²) < 4.78 is 42.0. The number of carbonyl (C=O) groups is 1. The zero-order chi connectivity index (χ0) is 23.6. The Bertz CT molecular complexity index is 1480. The van der Waals surface area contributed by atoms with Crippen LogP contribution in [0.25, 0.3) is 31.8 Å². The third kappa shape index (κ3) is 6.04. The Kier molecular flexibility index (Phi) is 8.50. The minimum Gasteiger partial charge on any atom is -0.744 e. The summed E-state index contributed by atoms with van der Waals surface area (Å²) in [7, 11) is -4.81. The Morgan fingerprint density at radius 2 is 1.91 bits per heavy atom. The van der Waals surface area contributed by atoms with E-state index in [0.29, 0.717) is 30.8 Å². The molecule has 4 aromatic rings. The van der Waals surface area contributed by atoms with E-state index in [4.69, 9.17) is 9.52 Å². The van der Waals surface area contributed by atoms with Crippen molar-refractivity contribution in [2.24, 2.45) is 0 Å². The molecule has 0 aliphatic carbocycles. The van der Waals surface area contributed by atoms with Gasteiger partial charge < -0.3 is 19.4 Å². The number of carboxylic acid groups (broad SMARTS) is 1. The molecule has 0 aliphatic rings. The summed E-state index contributed by atoms with van der Waals surface area (Å²) in [6, 6.07) is 11.4. The maximum Gasteiger partial charge on any atom is 1.00 e. The summed E-state index contributed by atoms with van der Waals surface area (Å²) >= 11 is 1.31. The van der Waals surface area contributed by atoms with Gasteiger partial charge in [0, 0.05) is 24.4 Å². The number of anilines is 1. The van der Waals surface area contributed by atoms with Crippen LogP contribution in [-0.4, -0.2) is 35.6 Å². The molecule has 12 heteroatoms. The van der Waals surface area contributed by atoms with E-state index >= 15 is 0 Å². The molecule has 0 amide bonds. The van der Waals surface area contributed by atoms with E-state index < -0.39 is 26.6 Å². The number of benzene rings is 2. The van der Waals surface area contributed by atoms with E-state index in [2.05, 4.69) is 10.3 Å². The van der Waals surface area contributed by atoms with Crippen LogP contribution in [0, 0.1) is 0 Å². The standard InChI is InChI=1S/C22H20N2O7S2.Na/c25-20(26)8-2-1-5-9-23-16-12-17-13(11-19(16)33(28,29)30)10-14(22(27)31-17)21-24-15-6-3-4-7-18(15)32-21;/h3-4,6-7,10-12,23H,1-2,5,8-9H2,(H,25,26)(H,28,29,30);/q;+1/p-1. The summed E-state index contributed by atoms with van der Waals surface area (Å²) in [5.41, 5.74) is 0.441. The van der Waals surface area contributed by atoms with Crippen molar-refractivity contribution in [2.45, 2.75) is 30.6 Å². The fourth-order valence-electron chi connectivity index (χ4n) is 3.43. The minimum absolute atomic E-state index is 0. The average molecular weight is 511 g/mol. The van der Waals surface area contributed by atoms with Gasteiger partial charge in [-0.3, -0.25) is 4.79 Å². The molecule has 2 aromatic carbocycles. The summed E-state index contributed by atoms with van der Waals surface area (Å²) in [5, 5.41) is 12.3. The number of carboxylic acids is 1. The maximum absolute atomic E-state index is 12.6. The number of thiazole rings is 1. The summed E-state index contributed by atoms with van der Waals surface area (Å²) in [4.78, 5) is 27.2. The summed E-state index contributed by atoms with van der Waals surface area (Å²) in [5.74, 6) is -0.877. The van der Waals surface area contributed by atoms with E-state index in [1.165, 1.54) is 29.5 Å². The molecular formula is C22H19N2NaO7S2. The first-order valence-corrected chi connectivity index (χ1v) is 12.3. The summed E-state index contributed by atoms with van der Waals surface area (Å²) in [6.45, 7) is 0.321. The van der Waals surface area contributed by atoms with Gasteiger partial charge >= 0.3 is 41.2 Å². The molecule has 0 spiro atoms. The molecule has 2 heterocycles. The molecule has 4 rings (SSSR count). The van der Waals surface area contributed by atoms with Crippen molar-refractivity contribution in [3.63, 3.8) is 0 Å². The molecule has 2 N–H and O–H groups in total. The predicted octanol–water partition coefficient (Wildman–Crippen LogP) is 1.03. The van der Waals surface area contributed by atoms with Crippen LogP contribution in [0.1, 0.15) is 25.7 Å². The maximum atomic E-state index is 12.6. The second-order valence-corrected chi connectivity index (χ2v) is 9.78. The first-order chi connectivity index (χ1) is 15.7. The van der Waals surface area contributed by atoms with E-state index in [9.17, 15) is 22.6 Å². The van der Waals surface area contributed by atoms with Gasteiger partial charge in [-0.15, -0.1) is 11.3 Å². The number of rotatable bonds is 9. The third-order valence-electron chi connectivity index (χ3n) is 5.01. The number of hydrogen-bond donors (Lipinski definition) is 2. The number of hydrogen-bond acceptors (Lipinski definition) is 9. The van der Waals surface area contributed by atoms with Crippen molar-refractivity contribution in [3.8, 4) is 10.6 Å². The Balaban J connectivity index is 0.00000324. The molecule has 0 saturated carbocycles. The zero-order valence-corrected chi connectivity index (χ0v) is 21.9. The second kappa shape index (κ2) is 11.0. The van der Waals surface area contributed by atoms with Gasteiger partial charge in [-0.05, 0) is 37.1 Å². The van der Waals surface area contributed by atoms with Crippen LogP contribution in [0.15, 0.2) is 56.6 Å². The van der Waals surface area contributed by atoms with Crippen LogP contribution in [-0.2, 0) is 14.9 Å². The van der Waals surface area contributed by atoms with Crippen molar-refractivity contribution in [2.75, 3.05) is 11.9 Å². The van der Waals surface area contributed by atoms with Gasteiger partial charge in [0.1, 0.15) is 20.7 Å². The second-order valence-electron chi connectivity index (χ2n) is 7.41. The first kappa shape index (κ1) is 26.3. The summed E-state index contributed by atoms with van der Waals surface area (Å²) in [6.07, 6.45) is 1.74. The van der Waals surface area contributed by atoms with E-state index in [1.807, 2.05) is 24.3 Å². The molecule has 0 bridgehead atoms. The molecule has 9 nitrogen and oxygen atoms in total. The normalized spacial score (nSPS) is 11.4. The largest absolute Gasteiger partial charge is 1.00 e. The molecule has 0 unspecified atom stereocenters. The monoisotopic (exact) mass is 510 g/mol. The van der Waals surface area contributed by atoms with Gasteiger partial charge in [0.15, 0.2) is 0 Å². The minimum atomic E-state index is -4.81. The number of nitrogens with one attached hydrogen (secondary N) is 1. The Morgan fingerprint density at radius 1 is 1.15 bits per heavy atom. The molecule has 0 fully saturated rings. The van der Waals surface area contributed by atoms with Gasteiger partial charge in [0.25, 0.3) is 0 Å². The molecule has 2 aromatic heterocycles. The van der Waals surface area contributed by atoms with Crippen molar-refractivity contribution in [3.05, 3.63) is 52.9 Å². The van der Waals surface area contributed by atoms with Gasteiger partial charge in [0.2, 0.25) is 0 Å². The van der Waals surface area contributed by atoms with Crippen molar-refractivity contribution >= 4 is 54.3 Å². The molecule has 0 radical (unpaired) electrons. The van der Waals surface area contributed by atoms with Gasteiger partial charge in [-0.2, -0.15) is 0 Å². The Labute approximate surface area is 220 Å². The smallest absolute Gasteiger partial charge is 0.744 e. The van der Waals surface area contributed by atoms with Crippen LogP contribution >= 0.6 is 11.3 Å². The zero-order valence-electron chi connectivity index (χ0n) is 18.2. The number of unbranched alkanes of at least 4 members (excludes halogenated alkanes) is 2. The number of aromatic nitrogens is 1. The van der Waals surface area contributed by atoms with E-state index in [0.717, 1.165) is 10.2 Å². The number of fused-ring (bicyclic) bond motifs is 2. The molecular weight excluding hydrogens is 491 g/mol. The van der Waals surface area contributed by atoms with Crippen molar-refractivity contribution in [1.29, 1.82) is 0 Å². The van der Waals surface area contributed by atoms with Crippen molar-refractivity contribution in [1.82, 2.24) is 4.98 Å². The van der Waals surface area contributed by atoms with E-state index in [-0.39, 0.29) is 58.2 Å². The van der Waals surface area contributed by atoms with Crippen molar-refractivity contribution < 1.29 is 56.8 Å². The number of nitrogens with zero attached hydrogens (tertiary/aromatic N) is 1. The Morgan fingerprint density at radius 3 is 2.62 bits per heavy atom. The fraction of sp³-hybridized carbons (Fsp3) is 0.227. The average Bonchev–Trinajstić information content (AvgIpc) is 3.18.